The molecule has 7 nitrogen and oxygen atoms in total. The Morgan fingerprint density at radius 1 is 1.19 bits per heavy atom. The quantitative estimate of drug-likeness (QED) is 0.611. The molecule has 0 aromatic heterocycles. The number of rotatable bonds is 7. The first-order valence-electron chi connectivity index (χ1n) is 11.1. The number of ether oxygens (including phenoxy) is 1. The van der Waals surface area contributed by atoms with Gasteiger partial charge in [0.05, 0.1) is 28.7 Å². The second-order valence-electron chi connectivity index (χ2n) is 8.73. The average molecular weight is 472 g/mol. The van der Waals surface area contributed by atoms with Crippen LogP contribution in [0.5, 0.6) is 0 Å². The maximum absolute atomic E-state index is 13.1. The lowest BCUT2D eigenvalue weighted by molar-refractivity contribution is 0.0332. The standard InChI is InChI=1S/C22H34ClN3O4S/c1-17(2)24(3)31(28,29)19-4-5-21(23)20(16-19)22(27)26-10-7-18(8-11-26)6-9-25-12-14-30-15-13-25/h4-5,16-18H,6-15H2,1-3H3. The Hall–Kier alpha value is -1.19. The van der Waals surface area contributed by atoms with E-state index in [4.69, 9.17) is 16.3 Å². The van der Waals surface area contributed by atoms with Crippen molar-refractivity contribution in [2.75, 3.05) is 53.0 Å². The predicted molar refractivity (Wildman–Crippen MR) is 122 cm³/mol. The zero-order valence-corrected chi connectivity index (χ0v) is 20.3. The van der Waals surface area contributed by atoms with Crippen LogP contribution in [0.3, 0.4) is 0 Å². The molecule has 0 N–H and O–H groups in total. The van der Waals surface area contributed by atoms with E-state index in [1.807, 2.05) is 13.8 Å². The fourth-order valence-electron chi connectivity index (χ4n) is 4.06. The maximum atomic E-state index is 13.1. The first kappa shape index (κ1) is 24.5. The summed E-state index contributed by atoms with van der Waals surface area (Å²) in [5, 5.41) is 0.283. The first-order valence-corrected chi connectivity index (χ1v) is 12.9. The molecule has 1 aromatic carbocycles. The molecule has 0 saturated carbocycles. The molecule has 1 amide bonds. The molecule has 31 heavy (non-hydrogen) atoms. The van der Waals surface area contributed by atoms with Gasteiger partial charge in [-0.25, -0.2) is 8.42 Å². The van der Waals surface area contributed by atoms with E-state index in [0.717, 1.165) is 52.1 Å². The van der Waals surface area contributed by atoms with Crippen molar-refractivity contribution in [3.63, 3.8) is 0 Å². The molecule has 0 bridgehead atoms. The molecule has 174 valence electrons. The van der Waals surface area contributed by atoms with E-state index >= 15 is 0 Å². The third kappa shape index (κ3) is 5.99. The number of likely N-dealkylation sites (tertiary alicyclic amines) is 1. The Morgan fingerprint density at radius 2 is 1.84 bits per heavy atom. The summed E-state index contributed by atoms with van der Waals surface area (Å²) in [4.78, 5) is 17.5. The van der Waals surface area contributed by atoms with E-state index < -0.39 is 10.0 Å². The third-order valence-electron chi connectivity index (χ3n) is 6.43. The van der Waals surface area contributed by atoms with Gasteiger partial charge in [-0.2, -0.15) is 4.31 Å². The minimum atomic E-state index is -3.68. The largest absolute Gasteiger partial charge is 0.379 e. The van der Waals surface area contributed by atoms with Crippen LogP contribution in [0.2, 0.25) is 5.02 Å². The van der Waals surface area contributed by atoms with Gasteiger partial charge in [0.25, 0.3) is 5.91 Å². The minimum Gasteiger partial charge on any atom is -0.379 e. The van der Waals surface area contributed by atoms with Gasteiger partial charge in [0.2, 0.25) is 10.0 Å². The predicted octanol–water partition coefficient (Wildman–Crippen LogP) is 2.94. The number of sulfonamides is 1. The van der Waals surface area contributed by atoms with Gasteiger partial charge < -0.3 is 9.64 Å². The van der Waals surface area contributed by atoms with Crippen LogP contribution in [-0.4, -0.2) is 87.5 Å². The fraction of sp³-hybridized carbons (Fsp3) is 0.682. The molecule has 2 saturated heterocycles. The number of piperidine rings is 1. The van der Waals surface area contributed by atoms with Crippen molar-refractivity contribution in [2.45, 2.75) is 44.0 Å². The summed E-state index contributed by atoms with van der Waals surface area (Å²) in [7, 11) is -2.14. The van der Waals surface area contributed by atoms with E-state index in [0.29, 0.717) is 19.0 Å². The summed E-state index contributed by atoms with van der Waals surface area (Å²) in [5.41, 5.74) is 0.256. The molecule has 9 heteroatoms. The molecular formula is C22H34ClN3O4S. The smallest absolute Gasteiger partial charge is 0.255 e. The number of hydrogen-bond donors (Lipinski definition) is 0. The molecule has 0 atom stereocenters. The first-order chi connectivity index (χ1) is 14.7. The molecule has 2 aliphatic rings. The van der Waals surface area contributed by atoms with Crippen LogP contribution in [0, 0.1) is 5.92 Å². The highest BCUT2D eigenvalue weighted by atomic mass is 35.5. The number of carbonyl (C=O) groups excluding carboxylic acids is 1. The Morgan fingerprint density at radius 3 is 2.45 bits per heavy atom. The molecule has 1 aromatic rings. The highest BCUT2D eigenvalue weighted by Crippen LogP contribution is 2.27. The summed E-state index contributed by atoms with van der Waals surface area (Å²) < 4.78 is 32.4. The van der Waals surface area contributed by atoms with Crippen LogP contribution in [0.15, 0.2) is 23.1 Å². The van der Waals surface area contributed by atoms with E-state index in [-0.39, 0.29) is 27.4 Å². The molecule has 0 aliphatic carbocycles. The lowest BCUT2D eigenvalue weighted by atomic mass is 9.93. The normalized spacial score (nSPS) is 19.4. The molecule has 2 aliphatic heterocycles. The Bertz CT molecular complexity index is 864. The number of halogens is 1. The lowest BCUT2D eigenvalue weighted by Gasteiger charge is -2.34. The van der Waals surface area contributed by atoms with Crippen molar-refractivity contribution in [3.05, 3.63) is 28.8 Å². The number of hydrogen-bond acceptors (Lipinski definition) is 5. The minimum absolute atomic E-state index is 0.0943. The number of morpholine rings is 1. The monoisotopic (exact) mass is 471 g/mol. The van der Waals surface area contributed by atoms with Crippen LogP contribution in [0.25, 0.3) is 0 Å². The molecular weight excluding hydrogens is 438 g/mol. The van der Waals surface area contributed by atoms with Gasteiger partial charge in [-0.05, 0) is 63.8 Å². The highest BCUT2D eigenvalue weighted by Gasteiger charge is 2.28. The number of amides is 1. The van der Waals surface area contributed by atoms with Crippen LogP contribution in [0.1, 0.15) is 43.5 Å². The molecule has 0 radical (unpaired) electrons. The summed E-state index contributed by atoms with van der Waals surface area (Å²) in [6.07, 6.45) is 3.06. The highest BCUT2D eigenvalue weighted by molar-refractivity contribution is 7.89. The summed E-state index contributed by atoms with van der Waals surface area (Å²) in [6.45, 7) is 9.67. The number of benzene rings is 1. The van der Waals surface area contributed by atoms with Crippen molar-refractivity contribution in [1.82, 2.24) is 14.1 Å². The van der Waals surface area contributed by atoms with Crippen molar-refractivity contribution in [2.24, 2.45) is 5.92 Å². The SMILES string of the molecule is CC(C)N(C)S(=O)(=O)c1ccc(Cl)c(C(=O)N2CCC(CCN3CCOCC3)CC2)c1. The number of nitrogens with zero attached hydrogens (tertiary/aromatic N) is 3. The van der Waals surface area contributed by atoms with Crippen LogP contribution < -0.4 is 0 Å². The van der Waals surface area contributed by atoms with Crippen molar-refractivity contribution < 1.29 is 17.9 Å². The molecule has 0 unspecified atom stereocenters. The topological polar surface area (TPSA) is 70.2 Å². The van der Waals surface area contributed by atoms with E-state index in [1.165, 1.54) is 29.6 Å². The summed E-state index contributed by atoms with van der Waals surface area (Å²) in [6, 6.07) is 4.20. The maximum Gasteiger partial charge on any atom is 0.255 e. The molecule has 2 heterocycles. The lowest BCUT2D eigenvalue weighted by Crippen LogP contribution is -2.41. The zero-order valence-electron chi connectivity index (χ0n) is 18.7. The van der Waals surface area contributed by atoms with Crippen molar-refractivity contribution in [1.29, 1.82) is 0 Å². The Balaban J connectivity index is 1.61. The number of carbonyl (C=O) groups is 1. The van der Waals surface area contributed by atoms with Gasteiger partial charge in [-0.15, -0.1) is 0 Å². The summed E-state index contributed by atoms with van der Waals surface area (Å²) in [5.74, 6) is 0.412. The van der Waals surface area contributed by atoms with E-state index in [1.54, 1.807) is 4.90 Å². The fourth-order valence-corrected chi connectivity index (χ4v) is 5.65. The molecule has 0 spiro atoms. The van der Waals surface area contributed by atoms with E-state index in [2.05, 4.69) is 4.90 Å². The average Bonchev–Trinajstić information content (AvgIpc) is 2.77. The third-order valence-corrected chi connectivity index (χ3v) is 8.79. The van der Waals surface area contributed by atoms with Gasteiger partial charge >= 0.3 is 0 Å². The van der Waals surface area contributed by atoms with Crippen LogP contribution in [-0.2, 0) is 14.8 Å². The zero-order chi connectivity index (χ0) is 22.6. The second kappa shape index (κ2) is 10.6. The molecule has 3 rings (SSSR count). The van der Waals surface area contributed by atoms with Crippen molar-refractivity contribution in [3.8, 4) is 0 Å². The van der Waals surface area contributed by atoms with Crippen LogP contribution >= 0.6 is 11.6 Å². The van der Waals surface area contributed by atoms with Gasteiger partial charge in [-0.3, -0.25) is 9.69 Å². The Labute approximate surface area is 191 Å². The Kier molecular flexibility index (Phi) is 8.37. The molecule has 2 fully saturated rings. The summed E-state index contributed by atoms with van der Waals surface area (Å²) >= 11 is 6.30. The van der Waals surface area contributed by atoms with Gasteiger partial charge in [0.15, 0.2) is 0 Å². The second-order valence-corrected chi connectivity index (χ2v) is 11.1. The van der Waals surface area contributed by atoms with Gasteiger partial charge in [0, 0.05) is 39.3 Å². The van der Waals surface area contributed by atoms with Crippen molar-refractivity contribution >= 4 is 27.5 Å². The van der Waals surface area contributed by atoms with Gasteiger partial charge in [-0.1, -0.05) is 11.6 Å². The van der Waals surface area contributed by atoms with Crippen LogP contribution in [0.4, 0.5) is 0 Å². The van der Waals surface area contributed by atoms with E-state index in [9.17, 15) is 13.2 Å². The van der Waals surface area contributed by atoms with Gasteiger partial charge in [0.1, 0.15) is 0 Å².